The number of rotatable bonds is 0. The number of nitrogens with zero attached hydrogens (tertiary/aromatic N) is 2. The van der Waals surface area contributed by atoms with Crippen molar-refractivity contribution in [1.82, 2.24) is 9.97 Å². The fourth-order valence-corrected chi connectivity index (χ4v) is 1.32. The van der Waals surface area contributed by atoms with Gasteiger partial charge in [-0.3, -0.25) is 0 Å². The summed E-state index contributed by atoms with van der Waals surface area (Å²) >= 11 is 0. The Labute approximate surface area is 76.8 Å². The lowest BCUT2D eigenvalue weighted by molar-refractivity contribution is 0.540. The van der Waals surface area contributed by atoms with E-state index in [4.69, 9.17) is 4.42 Å². The first-order chi connectivity index (χ1) is 6.09. The summed E-state index contributed by atoms with van der Waals surface area (Å²) in [5.74, 6) is 0. The molecular weight excluding hydrogens is 164 g/mol. The molecule has 0 aromatic carbocycles. The maximum atomic E-state index is 5.35. The zero-order valence-corrected chi connectivity index (χ0v) is 8.03. The van der Waals surface area contributed by atoms with Crippen molar-refractivity contribution >= 4 is 11.1 Å². The Kier molecular flexibility index (Phi) is 1.62. The molecule has 0 aliphatic rings. The van der Waals surface area contributed by atoms with Gasteiger partial charge in [0, 0.05) is 11.5 Å². The lowest BCUT2D eigenvalue weighted by Crippen LogP contribution is -2.13. The Balaban J connectivity index is 2.75. The summed E-state index contributed by atoms with van der Waals surface area (Å²) in [7, 11) is 0. The van der Waals surface area contributed by atoms with Crippen LogP contribution in [0.4, 0.5) is 0 Å². The fourth-order valence-electron chi connectivity index (χ4n) is 1.32. The molecule has 2 aromatic rings. The molecule has 0 aliphatic carbocycles. The summed E-state index contributed by atoms with van der Waals surface area (Å²) < 4.78 is 5.35. The zero-order chi connectivity index (χ0) is 9.47. The second-order valence-electron chi connectivity index (χ2n) is 4.11. The standard InChI is InChI=1S/C10H12N2O/c1-10(2,3)9-8-7(4-5-13-8)11-6-12-9/h4-6H,1-3H3. The molecule has 0 radical (unpaired) electrons. The minimum absolute atomic E-state index is 0.000949. The maximum absolute atomic E-state index is 5.35. The van der Waals surface area contributed by atoms with E-state index in [2.05, 4.69) is 30.7 Å². The van der Waals surface area contributed by atoms with E-state index in [1.807, 2.05) is 6.07 Å². The summed E-state index contributed by atoms with van der Waals surface area (Å²) in [4.78, 5) is 8.36. The lowest BCUT2D eigenvalue weighted by atomic mass is 9.91. The average molecular weight is 176 g/mol. The van der Waals surface area contributed by atoms with Crippen LogP contribution in [0.15, 0.2) is 23.1 Å². The van der Waals surface area contributed by atoms with Crippen LogP contribution < -0.4 is 0 Å². The number of aromatic nitrogens is 2. The highest BCUT2D eigenvalue weighted by Gasteiger charge is 2.20. The molecule has 0 amide bonds. The van der Waals surface area contributed by atoms with E-state index >= 15 is 0 Å². The first-order valence-electron chi connectivity index (χ1n) is 4.28. The van der Waals surface area contributed by atoms with E-state index in [9.17, 15) is 0 Å². The smallest absolute Gasteiger partial charge is 0.174 e. The van der Waals surface area contributed by atoms with Crippen molar-refractivity contribution in [3.63, 3.8) is 0 Å². The van der Waals surface area contributed by atoms with Crippen LogP contribution in [-0.2, 0) is 5.41 Å². The van der Waals surface area contributed by atoms with Gasteiger partial charge in [0.25, 0.3) is 0 Å². The Morgan fingerprint density at radius 2 is 2.00 bits per heavy atom. The zero-order valence-electron chi connectivity index (χ0n) is 8.03. The van der Waals surface area contributed by atoms with Crippen molar-refractivity contribution in [3.05, 3.63) is 24.4 Å². The van der Waals surface area contributed by atoms with Crippen molar-refractivity contribution < 1.29 is 4.42 Å². The molecule has 0 fully saturated rings. The number of hydrogen-bond donors (Lipinski definition) is 0. The van der Waals surface area contributed by atoms with Crippen molar-refractivity contribution in [2.45, 2.75) is 26.2 Å². The minimum Gasteiger partial charge on any atom is -0.461 e. The molecule has 0 spiro atoms. The maximum Gasteiger partial charge on any atom is 0.174 e. The molecule has 68 valence electrons. The summed E-state index contributed by atoms with van der Waals surface area (Å²) in [5, 5.41) is 0. The molecule has 0 N–H and O–H groups in total. The molecular formula is C10H12N2O. The normalized spacial score (nSPS) is 12.2. The highest BCUT2D eigenvalue weighted by Crippen LogP contribution is 2.26. The minimum atomic E-state index is -0.000949. The van der Waals surface area contributed by atoms with Crippen LogP contribution in [-0.4, -0.2) is 9.97 Å². The highest BCUT2D eigenvalue weighted by atomic mass is 16.3. The van der Waals surface area contributed by atoms with E-state index < -0.39 is 0 Å². The predicted molar refractivity (Wildman–Crippen MR) is 50.5 cm³/mol. The van der Waals surface area contributed by atoms with E-state index in [1.54, 1.807) is 12.6 Å². The van der Waals surface area contributed by atoms with Gasteiger partial charge in [0.05, 0.1) is 12.0 Å². The Morgan fingerprint density at radius 1 is 1.23 bits per heavy atom. The quantitative estimate of drug-likeness (QED) is 0.619. The third-order valence-corrected chi connectivity index (χ3v) is 1.95. The van der Waals surface area contributed by atoms with E-state index in [-0.39, 0.29) is 5.41 Å². The third-order valence-electron chi connectivity index (χ3n) is 1.95. The van der Waals surface area contributed by atoms with Gasteiger partial charge in [0.1, 0.15) is 11.8 Å². The van der Waals surface area contributed by atoms with Gasteiger partial charge in [-0.15, -0.1) is 0 Å². The molecule has 0 saturated heterocycles. The van der Waals surface area contributed by atoms with Crippen LogP contribution >= 0.6 is 0 Å². The van der Waals surface area contributed by atoms with Crippen molar-refractivity contribution in [2.24, 2.45) is 0 Å². The second kappa shape index (κ2) is 2.55. The van der Waals surface area contributed by atoms with Crippen LogP contribution in [0.3, 0.4) is 0 Å². The van der Waals surface area contributed by atoms with Gasteiger partial charge >= 0.3 is 0 Å². The van der Waals surface area contributed by atoms with Crippen molar-refractivity contribution in [3.8, 4) is 0 Å². The summed E-state index contributed by atoms with van der Waals surface area (Å²) in [6.07, 6.45) is 3.23. The van der Waals surface area contributed by atoms with Crippen molar-refractivity contribution in [2.75, 3.05) is 0 Å². The monoisotopic (exact) mass is 176 g/mol. The van der Waals surface area contributed by atoms with Gasteiger partial charge in [-0.1, -0.05) is 20.8 Å². The number of hydrogen-bond acceptors (Lipinski definition) is 3. The Morgan fingerprint density at radius 3 is 2.69 bits per heavy atom. The van der Waals surface area contributed by atoms with Gasteiger partial charge in [-0.25, -0.2) is 9.97 Å². The third kappa shape index (κ3) is 1.30. The second-order valence-corrected chi connectivity index (χ2v) is 4.11. The van der Waals surface area contributed by atoms with Crippen LogP contribution in [0, 0.1) is 0 Å². The van der Waals surface area contributed by atoms with Crippen LogP contribution in [0.5, 0.6) is 0 Å². The topological polar surface area (TPSA) is 38.9 Å². The Bertz CT molecular complexity index is 426. The van der Waals surface area contributed by atoms with Gasteiger partial charge in [0.15, 0.2) is 5.58 Å². The Hall–Kier alpha value is -1.38. The van der Waals surface area contributed by atoms with E-state index in [0.717, 1.165) is 16.8 Å². The largest absolute Gasteiger partial charge is 0.461 e. The fraction of sp³-hybridized carbons (Fsp3) is 0.400. The number of fused-ring (bicyclic) bond motifs is 1. The van der Waals surface area contributed by atoms with Crippen LogP contribution in [0.2, 0.25) is 0 Å². The molecule has 0 aliphatic heterocycles. The summed E-state index contributed by atoms with van der Waals surface area (Å²) in [5.41, 5.74) is 2.64. The van der Waals surface area contributed by atoms with Gasteiger partial charge in [-0.05, 0) is 0 Å². The van der Waals surface area contributed by atoms with Crippen molar-refractivity contribution in [1.29, 1.82) is 0 Å². The SMILES string of the molecule is CC(C)(C)c1ncnc2ccoc12. The molecule has 0 saturated carbocycles. The predicted octanol–water partition coefficient (Wildman–Crippen LogP) is 2.52. The first-order valence-corrected chi connectivity index (χ1v) is 4.28. The molecule has 13 heavy (non-hydrogen) atoms. The first kappa shape index (κ1) is 8.23. The summed E-state index contributed by atoms with van der Waals surface area (Å²) in [6.45, 7) is 6.33. The number of furan rings is 1. The molecule has 3 heteroatoms. The van der Waals surface area contributed by atoms with E-state index in [0.29, 0.717) is 0 Å². The molecule has 0 atom stereocenters. The molecule has 2 aromatic heterocycles. The molecule has 0 unspecified atom stereocenters. The highest BCUT2D eigenvalue weighted by molar-refractivity contribution is 5.75. The van der Waals surface area contributed by atoms with Gasteiger partial charge in [-0.2, -0.15) is 0 Å². The molecule has 0 bridgehead atoms. The average Bonchev–Trinajstić information content (AvgIpc) is 2.48. The summed E-state index contributed by atoms with van der Waals surface area (Å²) in [6, 6.07) is 1.85. The van der Waals surface area contributed by atoms with Gasteiger partial charge in [0.2, 0.25) is 0 Å². The van der Waals surface area contributed by atoms with E-state index in [1.165, 1.54) is 0 Å². The lowest BCUT2D eigenvalue weighted by Gasteiger charge is -2.16. The van der Waals surface area contributed by atoms with Crippen LogP contribution in [0.25, 0.3) is 11.1 Å². The molecule has 2 rings (SSSR count). The molecule has 2 heterocycles. The van der Waals surface area contributed by atoms with Gasteiger partial charge < -0.3 is 4.42 Å². The molecule has 3 nitrogen and oxygen atoms in total. The van der Waals surface area contributed by atoms with Crippen LogP contribution in [0.1, 0.15) is 26.5 Å².